The molecule has 2 rings (SSSR count). The molecule has 1 saturated carbocycles. The van der Waals surface area contributed by atoms with E-state index in [1.807, 2.05) is 6.07 Å². The Hall–Kier alpha value is -1.32. The first kappa shape index (κ1) is 12.1. The number of rotatable bonds is 5. The van der Waals surface area contributed by atoms with Crippen molar-refractivity contribution in [3.8, 4) is 5.88 Å². The van der Waals surface area contributed by atoms with E-state index in [0.717, 1.165) is 31.0 Å². The zero-order valence-electron chi connectivity index (χ0n) is 10.9. The predicted molar refractivity (Wildman–Crippen MR) is 68.6 cm³/mol. The van der Waals surface area contributed by atoms with Crippen LogP contribution >= 0.6 is 0 Å². The van der Waals surface area contributed by atoms with Gasteiger partial charge in [-0.2, -0.15) is 4.98 Å². The van der Waals surface area contributed by atoms with Gasteiger partial charge in [-0.1, -0.05) is 13.8 Å². The lowest BCUT2D eigenvalue weighted by molar-refractivity contribution is 0.114. The molecule has 0 spiro atoms. The first-order chi connectivity index (χ1) is 8.19. The van der Waals surface area contributed by atoms with Gasteiger partial charge >= 0.3 is 0 Å². The molecule has 94 valence electrons. The van der Waals surface area contributed by atoms with Gasteiger partial charge in [0.2, 0.25) is 5.88 Å². The number of aromatic nitrogens is 2. The highest BCUT2D eigenvalue weighted by Gasteiger charge is 2.20. The highest BCUT2D eigenvalue weighted by Crippen LogP contribution is 2.26. The lowest BCUT2D eigenvalue weighted by Gasteiger charge is -2.26. The number of nitrogens with one attached hydrogen (secondary N) is 1. The monoisotopic (exact) mass is 235 g/mol. The molecule has 1 aliphatic carbocycles. The minimum atomic E-state index is 0.317. The van der Waals surface area contributed by atoms with Crippen LogP contribution in [0.2, 0.25) is 0 Å². The number of anilines is 1. The van der Waals surface area contributed by atoms with Crippen molar-refractivity contribution in [1.29, 1.82) is 0 Å². The van der Waals surface area contributed by atoms with E-state index in [1.165, 1.54) is 6.42 Å². The minimum Gasteiger partial charge on any atom is -0.474 e. The van der Waals surface area contributed by atoms with Crippen molar-refractivity contribution in [3.63, 3.8) is 0 Å². The summed E-state index contributed by atoms with van der Waals surface area (Å²) >= 11 is 0. The topological polar surface area (TPSA) is 47.0 Å². The Bertz CT molecular complexity index is 375. The quantitative estimate of drug-likeness (QED) is 0.852. The molecule has 0 radical (unpaired) electrons. The lowest BCUT2D eigenvalue weighted by atomic mass is 9.96. The maximum Gasteiger partial charge on any atom is 0.219 e. The fraction of sp³-hybridized carbons (Fsp3) is 0.692. The Balaban J connectivity index is 2.16. The summed E-state index contributed by atoms with van der Waals surface area (Å²) in [5.41, 5.74) is 0. The van der Waals surface area contributed by atoms with Crippen molar-refractivity contribution in [3.05, 3.63) is 11.9 Å². The van der Waals surface area contributed by atoms with E-state index in [-0.39, 0.29) is 0 Å². The normalized spacial score (nSPS) is 15.8. The van der Waals surface area contributed by atoms with Gasteiger partial charge in [-0.05, 0) is 26.2 Å². The smallest absolute Gasteiger partial charge is 0.219 e. The summed E-state index contributed by atoms with van der Waals surface area (Å²) in [5.74, 6) is 2.74. The Morgan fingerprint density at radius 1 is 1.41 bits per heavy atom. The van der Waals surface area contributed by atoms with E-state index < -0.39 is 0 Å². The molecule has 17 heavy (non-hydrogen) atoms. The van der Waals surface area contributed by atoms with Crippen molar-refractivity contribution in [1.82, 2.24) is 9.97 Å². The van der Waals surface area contributed by atoms with Crippen LogP contribution in [0.15, 0.2) is 6.07 Å². The number of ether oxygens (including phenoxy) is 1. The molecule has 0 atom stereocenters. The maximum atomic E-state index is 5.84. The van der Waals surface area contributed by atoms with Crippen LogP contribution < -0.4 is 10.1 Å². The molecular weight excluding hydrogens is 214 g/mol. The Kier molecular flexibility index (Phi) is 3.82. The van der Waals surface area contributed by atoms with Crippen LogP contribution in [-0.2, 0) is 0 Å². The van der Waals surface area contributed by atoms with E-state index in [9.17, 15) is 0 Å². The molecule has 0 saturated heterocycles. The third kappa shape index (κ3) is 3.08. The van der Waals surface area contributed by atoms with Gasteiger partial charge < -0.3 is 10.1 Å². The average Bonchev–Trinajstić information content (AvgIpc) is 2.24. The second-order valence-corrected chi connectivity index (χ2v) is 4.81. The third-order valence-corrected chi connectivity index (χ3v) is 2.93. The SMILES string of the molecule is CCNc1cc(OC2CCC2)nc(C(C)C)n1. The largest absolute Gasteiger partial charge is 0.474 e. The first-order valence-corrected chi connectivity index (χ1v) is 6.48. The second-order valence-electron chi connectivity index (χ2n) is 4.81. The Morgan fingerprint density at radius 2 is 2.18 bits per heavy atom. The zero-order chi connectivity index (χ0) is 12.3. The number of hydrogen-bond donors (Lipinski definition) is 1. The maximum absolute atomic E-state index is 5.84. The van der Waals surface area contributed by atoms with Gasteiger partial charge in [0.25, 0.3) is 0 Å². The van der Waals surface area contributed by atoms with E-state index in [0.29, 0.717) is 17.9 Å². The molecule has 1 aromatic heterocycles. The summed E-state index contributed by atoms with van der Waals surface area (Å²) in [6.07, 6.45) is 3.93. The Labute approximate surface area is 103 Å². The lowest BCUT2D eigenvalue weighted by Crippen LogP contribution is -2.25. The van der Waals surface area contributed by atoms with Crippen LogP contribution in [0.4, 0.5) is 5.82 Å². The summed E-state index contributed by atoms with van der Waals surface area (Å²) < 4.78 is 5.84. The van der Waals surface area contributed by atoms with Crippen molar-refractivity contribution in [2.24, 2.45) is 0 Å². The molecule has 0 bridgehead atoms. The zero-order valence-corrected chi connectivity index (χ0v) is 10.9. The van der Waals surface area contributed by atoms with Crippen LogP contribution in [0.5, 0.6) is 5.88 Å². The van der Waals surface area contributed by atoms with Crippen LogP contribution in [0, 0.1) is 0 Å². The molecule has 0 aliphatic heterocycles. The predicted octanol–water partition coefficient (Wildman–Crippen LogP) is 2.96. The summed E-state index contributed by atoms with van der Waals surface area (Å²) in [4.78, 5) is 8.94. The molecule has 1 N–H and O–H groups in total. The molecule has 4 nitrogen and oxygen atoms in total. The van der Waals surface area contributed by atoms with Crippen molar-refractivity contribution >= 4 is 5.82 Å². The van der Waals surface area contributed by atoms with Gasteiger partial charge in [-0.3, -0.25) is 0 Å². The molecule has 4 heteroatoms. The van der Waals surface area contributed by atoms with Gasteiger partial charge in [0.05, 0.1) is 0 Å². The van der Waals surface area contributed by atoms with Gasteiger partial charge in [-0.25, -0.2) is 4.98 Å². The standard InChI is InChI=1S/C13H21N3O/c1-4-14-11-8-12(17-10-6-5-7-10)16-13(15-11)9(2)3/h8-10H,4-7H2,1-3H3,(H,14,15,16). The van der Waals surface area contributed by atoms with Gasteiger partial charge in [0, 0.05) is 18.5 Å². The molecule has 1 heterocycles. The minimum absolute atomic E-state index is 0.317. The van der Waals surface area contributed by atoms with Gasteiger partial charge in [0.1, 0.15) is 17.7 Å². The molecule has 0 unspecified atom stereocenters. The van der Waals surface area contributed by atoms with E-state index in [1.54, 1.807) is 0 Å². The second kappa shape index (κ2) is 5.34. The highest BCUT2D eigenvalue weighted by molar-refractivity contribution is 5.38. The first-order valence-electron chi connectivity index (χ1n) is 6.48. The number of hydrogen-bond acceptors (Lipinski definition) is 4. The summed E-state index contributed by atoms with van der Waals surface area (Å²) in [6, 6.07) is 1.90. The van der Waals surface area contributed by atoms with Crippen LogP contribution in [-0.4, -0.2) is 22.6 Å². The van der Waals surface area contributed by atoms with Gasteiger partial charge in [0.15, 0.2) is 0 Å². The summed E-state index contributed by atoms with van der Waals surface area (Å²) in [6.45, 7) is 7.11. The van der Waals surface area contributed by atoms with E-state index in [2.05, 4.69) is 36.1 Å². The average molecular weight is 235 g/mol. The number of nitrogens with zero attached hydrogens (tertiary/aromatic N) is 2. The van der Waals surface area contributed by atoms with Crippen LogP contribution in [0.3, 0.4) is 0 Å². The van der Waals surface area contributed by atoms with Crippen LogP contribution in [0.25, 0.3) is 0 Å². The summed E-state index contributed by atoms with van der Waals surface area (Å²) in [7, 11) is 0. The van der Waals surface area contributed by atoms with Crippen molar-refractivity contribution in [2.45, 2.75) is 52.1 Å². The molecule has 1 aliphatic rings. The fourth-order valence-electron chi connectivity index (χ4n) is 1.69. The molecule has 0 aromatic carbocycles. The molecule has 1 fully saturated rings. The van der Waals surface area contributed by atoms with Crippen molar-refractivity contribution < 1.29 is 4.74 Å². The summed E-state index contributed by atoms with van der Waals surface area (Å²) in [5, 5.41) is 3.22. The van der Waals surface area contributed by atoms with Crippen LogP contribution in [0.1, 0.15) is 51.8 Å². The third-order valence-electron chi connectivity index (χ3n) is 2.93. The van der Waals surface area contributed by atoms with E-state index >= 15 is 0 Å². The molecular formula is C13H21N3O. The fourth-order valence-corrected chi connectivity index (χ4v) is 1.69. The Morgan fingerprint density at radius 3 is 2.71 bits per heavy atom. The van der Waals surface area contributed by atoms with Gasteiger partial charge in [-0.15, -0.1) is 0 Å². The van der Waals surface area contributed by atoms with Crippen molar-refractivity contribution in [2.75, 3.05) is 11.9 Å². The molecule has 1 aromatic rings. The van der Waals surface area contributed by atoms with E-state index in [4.69, 9.17) is 4.74 Å². The molecule has 0 amide bonds. The highest BCUT2D eigenvalue weighted by atomic mass is 16.5.